The Labute approximate surface area is 159 Å². The molecule has 2 N–H and O–H groups in total. The molecule has 1 saturated heterocycles. The minimum atomic E-state index is -0.111. The van der Waals surface area contributed by atoms with Gasteiger partial charge >= 0.3 is 0 Å². The molecule has 0 radical (unpaired) electrons. The van der Waals surface area contributed by atoms with Gasteiger partial charge in [0, 0.05) is 18.7 Å². The summed E-state index contributed by atoms with van der Waals surface area (Å²) in [7, 11) is 0. The van der Waals surface area contributed by atoms with E-state index < -0.39 is 0 Å². The van der Waals surface area contributed by atoms with Crippen molar-refractivity contribution < 1.29 is 9.59 Å². The lowest BCUT2D eigenvalue weighted by atomic mass is 9.97. The Morgan fingerprint density at radius 2 is 2.00 bits per heavy atom. The average molecular weight is 363 g/mol. The van der Waals surface area contributed by atoms with Crippen molar-refractivity contribution in [3.63, 3.8) is 0 Å². The highest BCUT2D eigenvalue weighted by Crippen LogP contribution is 2.36. The zero-order valence-electron chi connectivity index (χ0n) is 15.6. The molecule has 5 heteroatoms. The van der Waals surface area contributed by atoms with Gasteiger partial charge in [-0.3, -0.25) is 9.59 Å². The lowest BCUT2D eigenvalue weighted by Crippen LogP contribution is -2.50. The van der Waals surface area contributed by atoms with Crippen LogP contribution in [0.1, 0.15) is 40.7 Å². The average Bonchev–Trinajstić information content (AvgIpc) is 2.69. The molecule has 2 aliphatic heterocycles. The van der Waals surface area contributed by atoms with Crippen LogP contribution in [0, 0.1) is 6.92 Å². The van der Waals surface area contributed by atoms with Gasteiger partial charge in [-0.05, 0) is 56.4 Å². The number of carbonyl (C=O) groups excluding carboxylic acids is 2. The SMILES string of the molecule is Cc1ccc(CCNC(=O)c2ccc3c(c2)NC(=O)[C@H]2CCCCN32)cc1. The van der Waals surface area contributed by atoms with E-state index in [0.29, 0.717) is 12.1 Å². The van der Waals surface area contributed by atoms with Gasteiger partial charge in [0.15, 0.2) is 0 Å². The maximum atomic E-state index is 12.5. The molecule has 27 heavy (non-hydrogen) atoms. The molecule has 140 valence electrons. The predicted octanol–water partition coefficient (Wildman–Crippen LogP) is 3.28. The van der Waals surface area contributed by atoms with Crippen LogP contribution in [0.5, 0.6) is 0 Å². The molecule has 1 atom stereocenters. The molecule has 0 unspecified atom stereocenters. The van der Waals surface area contributed by atoms with E-state index in [9.17, 15) is 9.59 Å². The van der Waals surface area contributed by atoms with Crippen molar-refractivity contribution in [2.75, 3.05) is 23.3 Å². The fraction of sp³-hybridized carbons (Fsp3) is 0.364. The molecule has 0 saturated carbocycles. The Hall–Kier alpha value is -2.82. The van der Waals surface area contributed by atoms with Crippen LogP contribution in [0.25, 0.3) is 0 Å². The lowest BCUT2D eigenvalue weighted by molar-refractivity contribution is -0.118. The first kappa shape index (κ1) is 17.6. The predicted molar refractivity (Wildman–Crippen MR) is 107 cm³/mol. The van der Waals surface area contributed by atoms with Gasteiger partial charge in [0.05, 0.1) is 11.4 Å². The molecule has 2 aromatic rings. The van der Waals surface area contributed by atoms with Gasteiger partial charge in [-0.2, -0.15) is 0 Å². The summed E-state index contributed by atoms with van der Waals surface area (Å²) in [4.78, 5) is 27.1. The topological polar surface area (TPSA) is 61.4 Å². The van der Waals surface area contributed by atoms with Crippen LogP contribution in [0.4, 0.5) is 11.4 Å². The largest absolute Gasteiger partial charge is 0.358 e. The quantitative estimate of drug-likeness (QED) is 0.876. The van der Waals surface area contributed by atoms with Crippen molar-refractivity contribution in [1.29, 1.82) is 0 Å². The van der Waals surface area contributed by atoms with Crippen molar-refractivity contribution in [2.24, 2.45) is 0 Å². The van der Waals surface area contributed by atoms with Crippen molar-refractivity contribution in [1.82, 2.24) is 5.32 Å². The Kier molecular flexibility index (Phi) is 4.84. The zero-order valence-corrected chi connectivity index (χ0v) is 15.6. The molecular formula is C22H25N3O2. The number of nitrogens with one attached hydrogen (secondary N) is 2. The van der Waals surface area contributed by atoms with E-state index in [1.54, 1.807) is 6.07 Å². The smallest absolute Gasteiger partial charge is 0.251 e. The standard InChI is InChI=1S/C22H25N3O2/c1-15-5-7-16(8-6-15)11-12-23-21(26)17-9-10-19-18(14-17)24-22(27)20-4-2-3-13-25(19)20/h5-10,14,20H,2-4,11-13H2,1H3,(H,23,26)(H,24,27)/t20-/m1/s1. The number of nitrogens with zero attached hydrogens (tertiary/aromatic N) is 1. The Bertz CT molecular complexity index is 860. The second kappa shape index (κ2) is 7.43. The number of carbonyl (C=O) groups is 2. The first-order valence-corrected chi connectivity index (χ1v) is 9.67. The number of piperidine rings is 1. The number of anilines is 2. The molecular weight excluding hydrogens is 338 g/mol. The molecule has 5 nitrogen and oxygen atoms in total. The van der Waals surface area contributed by atoms with Crippen molar-refractivity contribution >= 4 is 23.2 Å². The Balaban J connectivity index is 1.42. The first-order valence-electron chi connectivity index (χ1n) is 9.67. The summed E-state index contributed by atoms with van der Waals surface area (Å²) >= 11 is 0. The first-order chi connectivity index (χ1) is 13.1. The van der Waals surface area contributed by atoms with E-state index in [2.05, 4.69) is 46.7 Å². The van der Waals surface area contributed by atoms with E-state index in [1.165, 1.54) is 11.1 Å². The molecule has 0 bridgehead atoms. The molecule has 0 aromatic heterocycles. The third-order valence-corrected chi connectivity index (χ3v) is 5.45. The number of hydrogen-bond donors (Lipinski definition) is 2. The van der Waals surface area contributed by atoms with Gasteiger partial charge in [-0.15, -0.1) is 0 Å². The molecule has 0 spiro atoms. The second-order valence-electron chi connectivity index (χ2n) is 7.42. The summed E-state index contributed by atoms with van der Waals surface area (Å²) in [5, 5.41) is 5.95. The Morgan fingerprint density at radius 3 is 2.81 bits per heavy atom. The van der Waals surface area contributed by atoms with Crippen LogP contribution in [-0.4, -0.2) is 30.9 Å². The Morgan fingerprint density at radius 1 is 1.19 bits per heavy atom. The minimum absolute atomic E-state index is 0.0409. The van der Waals surface area contributed by atoms with E-state index in [0.717, 1.165) is 43.6 Å². The highest BCUT2D eigenvalue weighted by Gasteiger charge is 2.34. The fourth-order valence-electron chi connectivity index (χ4n) is 3.91. The third-order valence-electron chi connectivity index (χ3n) is 5.45. The maximum absolute atomic E-state index is 12.5. The van der Waals surface area contributed by atoms with Gasteiger partial charge in [0.2, 0.25) is 5.91 Å². The number of benzene rings is 2. The van der Waals surface area contributed by atoms with Crippen LogP contribution in [0.15, 0.2) is 42.5 Å². The fourth-order valence-corrected chi connectivity index (χ4v) is 3.91. The van der Waals surface area contributed by atoms with Gasteiger partial charge < -0.3 is 15.5 Å². The number of rotatable bonds is 4. The van der Waals surface area contributed by atoms with Gasteiger partial charge in [-0.25, -0.2) is 0 Å². The number of amides is 2. The summed E-state index contributed by atoms with van der Waals surface area (Å²) in [6.45, 7) is 3.54. The van der Waals surface area contributed by atoms with Gasteiger partial charge in [0.1, 0.15) is 6.04 Å². The summed E-state index contributed by atoms with van der Waals surface area (Å²) < 4.78 is 0. The van der Waals surface area contributed by atoms with E-state index in [-0.39, 0.29) is 17.9 Å². The number of hydrogen-bond acceptors (Lipinski definition) is 3. The van der Waals surface area contributed by atoms with E-state index in [4.69, 9.17) is 0 Å². The van der Waals surface area contributed by atoms with E-state index in [1.807, 2.05) is 12.1 Å². The van der Waals surface area contributed by atoms with Crippen molar-refractivity contribution in [3.8, 4) is 0 Å². The lowest BCUT2D eigenvalue weighted by Gasteiger charge is -2.41. The maximum Gasteiger partial charge on any atom is 0.251 e. The zero-order chi connectivity index (χ0) is 18.8. The van der Waals surface area contributed by atoms with Gasteiger partial charge in [-0.1, -0.05) is 29.8 Å². The van der Waals surface area contributed by atoms with Crippen LogP contribution >= 0.6 is 0 Å². The molecule has 2 aromatic carbocycles. The summed E-state index contributed by atoms with van der Waals surface area (Å²) in [6.07, 6.45) is 3.88. The molecule has 1 fully saturated rings. The molecule has 0 aliphatic carbocycles. The third kappa shape index (κ3) is 3.68. The van der Waals surface area contributed by atoms with Crippen molar-refractivity contribution in [2.45, 2.75) is 38.6 Å². The van der Waals surface area contributed by atoms with Crippen molar-refractivity contribution in [3.05, 3.63) is 59.2 Å². The van der Waals surface area contributed by atoms with Crippen LogP contribution in [0.3, 0.4) is 0 Å². The molecule has 2 heterocycles. The van der Waals surface area contributed by atoms with Crippen LogP contribution in [0.2, 0.25) is 0 Å². The summed E-state index contributed by atoms with van der Waals surface area (Å²) in [6, 6.07) is 13.9. The molecule has 2 amide bonds. The normalized spacial score (nSPS) is 18.3. The summed E-state index contributed by atoms with van der Waals surface area (Å²) in [5.74, 6) is -0.0703. The second-order valence-corrected chi connectivity index (χ2v) is 7.42. The molecule has 4 rings (SSSR count). The number of fused-ring (bicyclic) bond motifs is 3. The minimum Gasteiger partial charge on any atom is -0.358 e. The monoisotopic (exact) mass is 363 g/mol. The number of aryl methyl sites for hydroxylation is 1. The van der Waals surface area contributed by atoms with E-state index >= 15 is 0 Å². The van der Waals surface area contributed by atoms with Gasteiger partial charge in [0.25, 0.3) is 5.91 Å². The summed E-state index contributed by atoms with van der Waals surface area (Å²) in [5.41, 5.74) is 4.78. The van der Waals surface area contributed by atoms with Crippen LogP contribution < -0.4 is 15.5 Å². The van der Waals surface area contributed by atoms with Crippen LogP contribution in [-0.2, 0) is 11.2 Å². The highest BCUT2D eigenvalue weighted by atomic mass is 16.2. The molecule has 2 aliphatic rings. The highest BCUT2D eigenvalue weighted by molar-refractivity contribution is 6.05.